The molecule has 0 aliphatic rings. The maximum Gasteiger partial charge on any atom is 0.367 e. The molecule has 1 aromatic heterocycles. The van der Waals surface area contributed by atoms with Crippen molar-refractivity contribution < 1.29 is 13.9 Å². The number of nitrogens with zero attached hydrogens (tertiary/aromatic N) is 2. The summed E-state index contributed by atoms with van der Waals surface area (Å²) in [7, 11) is 0. The first-order valence-corrected chi connectivity index (χ1v) is 4.04. The topological polar surface area (TPSA) is 52.1 Å². The maximum absolute atomic E-state index is 13.0. The molecule has 0 spiro atoms. The Hall–Kier alpha value is -1.78. The summed E-state index contributed by atoms with van der Waals surface area (Å²) in [5, 5.41) is 0. The van der Waals surface area contributed by atoms with E-state index < -0.39 is 11.8 Å². The molecule has 0 atom stereocenters. The smallest absolute Gasteiger partial charge is 0.367 e. The normalized spacial score (nSPS) is 11.1. The van der Waals surface area contributed by atoms with Crippen LogP contribution in [0.4, 0.5) is 4.39 Å². The van der Waals surface area contributed by atoms with Crippen molar-refractivity contribution in [3.05, 3.63) is 30.1 Å². The lowest BCUT2D eigenvalue weighted by atomic mass is 10.4. The van der Waals surface area contributed by atoms with E-state index in [0.717, 1.165) is 6.08 Å². The number of carbonyl (C=O) groups excluding carboxylic acids is 1. The van der Waals surface area contributed by atoms with Gasteiger partial charge in [0, 0.05) is 18.5 Å². The Balaban J connectivity index is 2.74. The molecule has 1 aromatic rings. The number of esters is 1. The average Bonchev–Trinajstić information content (AvgIpc) is 2.19. The number of rotatable bonds is 3. The van der Waals surface area contributed by atoms with Gasteiger partial charge in [0.05, 0.1) is 18.5 Å². The van der Waals surface area contributed by atoms with Gasteiger partial charge >= 0.3 is 5.97 Å². The zero-order valence-electron chi connectivity index (χ0n) is 7.61. The lowest BCUT2D eigenvalue weighted by molar-refractivity contribution is -0.140. The Morgan fingerprint density at radius 1 is 1.64 bits per heavy atom. The third-order valence-electron chi connectivity index (χ3n) is 1.33. The van der Waals surface area contributed by atoms with E-state index in [1.807, 2.05) is 0 Å². The minimum Gasteiger partial charge on any atom is -0.461 e. The number of hydrogen-bond donors (Lipinski definition) is 0. The van der Waals surface area contributed by atoms with Crippen LogP contribution in [0.2, 0.25) is 0 Å². The van der Waals surface area contributed by atoms with Crippen molar-refractivity contribution in [3.8, 4) is 0 Å². The van der Waals surface area contributed by atoms with Gasteiger partial charge in [0.25, 0.3) is 0 Å². The van der Waals surface area contributed by atoms with Crippen molar-refractivity contribution in [3.63, 3.8) is 0 Å². The van der Waals surface area contributed by atoms with Crippen LogP contribution < -0.4 is 0 Å². The highest BCUT2D eigenvalue weighted by Gasteiger charge is 2.09. The first-order chi connectivity index (χ1) is 6.74. The zero-order chi connectivity index (χ0) is 10.4. The zero-order valence-corrected chi connectivity index (χ0v) is 7.61. The van der Waals surface area contributed by atoms with Gasteiger partial charge in [0.2, 0.25) is 5.83 Å². The summed E-state index contributed by atoms with van der Waals surface area (Å²) in [6, 6.07) is 0. The van der Waals surface area contributed by atoms with Gasteiger partial charge in [-0.25, -0.2) is 4.79 Å². The van der Waals surface area contributed by atoms with E-state index in [9.17, 15) is 9.18 Å². The van der Waals surface area contributed by atoms with E-state index in [1.165, 1.54) is 18.6 Å². The quantitative estimate of drug-likeness (QED) is 0.541. The van der Waals surface area contributed by atoms with Crippen LogP contribution in [0.15, 0.2) is 24.4 Å². The molecule has 5 heteroatoms. The monoisotopic (exact) mass is 196 g/mol. The fraction of sp³-hybridized carbons (Fsp3) is 0.222. The molecule has 1 rings (SSSR count). The Morgan fingerprint density at radius 2 is 2.43 bits per heavy atom. The molecular weight excluding hydrogens is 187 g/mol. The Labute approximate surface area is 80.4 Å². The van der Waals surface area contributed by atoms with Gasteiger partial charge < -0.3 is 4.74 Å². The number of carbonyl (C=O) groups is 1. The van der Waals surface area contributed by atoms with Gasteiger partial charge in [-0.2, -0.15) is 4.39 Å². The number of ether oxygens (including phenoxy) is 1. The van der Waals surface area contributed by atoms with Crippen LogP contribution >= 0.6 is 0 Å². The second-order valence-electron chi connectivity index (χ2n) is 2.34. The molecule has 0 N–H and O–H groups in total. The highest BCUT2D eigenvalue weighted by Crippen LogP contribution is 2.05. The molecule has 0 bridgehead atoms. The predicted octanol–water partition coefficient (Wildman–Crippen LogP) is 1.35. The number of aromatic nitrogens is 2. The summed E-state index contributed by atoms with van der Waals surface area (Å²) < 4.78 is 17.4. The van der Waals surface area contributed by atoms with Gasteiger partial charge in [-0.3, -0.25) is 9.97 Å². The van der Waals surface area contributed by atoms with Gasteiger partial charge in [-0.15, -0.1) is 0 Å². The fourth-order valence-corrected chi connectivity index (χ4v) is 0.774. The van der Waals surface area contributed by atoms with Crippen LogP contribution in [-0.2, 0) is 9.53 Å². The second kappa shape index (κ2) is 5.06. The van der Waals surface area contributed by atoms with E-state index >= 15 is 0 Å². The number of halogens is 1. The van der Waals surface area contributed by atoms with Crippen LogP contribution in [0.3, 0.4) is 0 Å². The first-order valence-electron chi connectivity index (χ1n) is 4.04. The third kappa shape index (κ3) is 2.93. The molecule has 4 nitrogen and oxygen atoms in total. The van der Waals surface area contributed by atoms with E-state index in [1.54, 1.807) is 6.92 Å². The molecule has 1 heterocycles. The summed E-state index contributed by atoms with van der Waals surface area (Å²) in [5.41, 5.74) is 0.276. The fourth-order valence-electron chi connectivity index (χ4n) is 0.774. The molecule has 0 aliphatic heterocycles. The summed E-state index contributed by atoms with van der Waals surface area (Å²) in [6.45, 7) is 1.74. The highest BCUT2D eigenvalue weighted by atomic mass is 19.1. The highest BCUT2D eigenvalue weighted by molar-refractivity contribution is 5.90. The molecule has 0 aromatic carbocycles. The van der Waals surface area contributed by atoms with Crippen LogP contribution in [0.1, 0.15) is 12.6 Å². The van der Waals surface area contributed by atoms with Crippen LogP contribution in [-0.4, -0.2) is 22.5 Å². The van der Waals surface area contributed by atoms with Crippen molar-refractivity contribution in [2.75, 3.05) is 6.61 Å². The molecular formula is C9H9FN2O2. The SMILES string of the molecule is CCOC(=O)/C(F)=C/c1cnccn1. The Kier molecular flexibility index (Phi) is 3.72. The summed E-state index contributed by atoms with van der Waals surface area (Å²) >= 11 is 0. The molecule has 0 radical (unpaired) electrons. The molecule has 14 heavy (non-hydrogen) atoms. The van der Waals surface area contributed by atoms with E-state index in [-0.39, 0.29) is 12.3 Å². The standard InChI is InChI=1S/C9H9FN2O2/c1-2-14-9(13)8(10)5-7-6-11-3-4-12-7/h3-6H,2H2,1H3/b8-5-. The minimum atomic E-state index is -0.988. The molecule has 0 unspecified atom stereocenters. The van der Waals surface area contributed by atoms with E-state index in [4.69, 9.17) is 0 Å². The molecule has 0 amide bonds. The van der Waals surface area contributed by atoms with Crippen molar-refractivity contribution in [1.82, 2.24) is 9.97 Å². The molecule has 0 saturated carbocycles. The molecule has 0 aliphatic carbocycles. The lowest BCUT2D eigenvalue weighted by Crippen LogP contribution is -2.04. The van der Waals surface area contributed by atoms with E-state index in [2.05, 4.69) is 14.7 Å². The van der Waals surface area contributed by atoms with Gasteiger partial charge in [-0.05, 0) is 6.92 Å². The first kappa shape index (κ1) is 10.3. The van der Waals surface area contributed by atoms with Crippen molar-refractivity contribution >= 4 is 12.0 Å². The largest absolute Gasteiger partial charge is 0.461 e. The van der Waals surface area contributed by atoms with Crippen molar-refractivity contribution in [2.45, 2.75) is 6.92 Å². The molecule has 0 saturated heterocycles. The Bertz CT molecular complexity index is 338. The number of hydrogen-bond acceptors (Lipinski definition) is 4. The van der Waals surface area contributed by atoms with Gasteiger partial charge in [0.1, 0.15) is 0 Å². The van der Waals surface area contributed by atoms with Gasteiger partial charge in [-0.1, -0.05) is 0 Å². The predicted molar refractivity (Wildman–Crippen MR) is 47.8 cm³/mol. The average molecular weight is 196 g/mol. The molecule has 0 fully saturated rings. The maximum atomic E-state index is 13.0. The summed E-state index contributed by atoms with van der Waals surface area (Å²) in [4.78, 5) is 18.3. The van der Waals surface area contributed by atoms with E-state index in [0.29, 0.717) is 0 Å². The third-order valence-corrected chi connectivity index (χ3v) is 1.33. The van der Waals surface area contributed by atoms with Gasteiger partial charge in [0.15, 0.2) is 0 Å². The minimum absolute atomic E-state index is 0.139. The van der Waals surface area contributed by atoms with Crippen molar-refractivity contribution in [1.29, 1.82) is 0 Å². The molecule has 74 valence electrons. The second-order valence-corrected chi connectivity index (χ2v) is 2.34. The van der Waals surface area contributed by atoms with Crippen LogP contribution in [0.5, 0.6) is 0 Å². The van der Waals surface area contributed by atoms with Crippen LogP contribution in [0, 0.1) is 0 Å². The van der Waals surface area contributed by atoms with Crippen LogP contribution in [0.25, 0.3) is 6.08 Å². The summed E-state index contributed by atoms with van der Waals surface area (Å²) in [5.74, 6) is -1.97. The Morgan fingerprint density at radius 3 is 3.00 bits per heavy atom. The van der Waals surface area contributed by atoms with Crippen molar-refractivity contribution in [2.24, 2.45) is 0 Å². The summed E-state index contributed by atoms with van der Waals surface area (Å²) in [6.07, 6.45) is 5.19. The lowest BCUT2D eigenvalue weighted by Gasteiger charge is -1.97.